The Morgan fingerprint density at radius 3 is 2.17 bits per heavy atom. The van der Waals surface area contributed by atoms with Crippen molar-refractivity contribution in [1.82, 2.24) is 10.3 Å². The molecule has 0 bridgehead atoms. The van der Waals surface area contributed by atoms with E-state index < -0.39 is 59.2 Å². The monoisotopic (exact) mass is 550 g/mol. The van der Waals surface area contributed by atoms with Crippen molar-refractivity contribution in [3.8, 4) is 0 Å². The Kier molecular flexibility index (Phi) is 8.69. The summed E-state index contributed by atoms with van der Waals surface area (Å²) in [5.74, 6) is -2.82. The lowest BCUT2D eigenvalue weighted by Crippen LogP contribution is -2.47. The highest BCUT2D eigenvalue weighted by Gasteiger charge is 2.51. The smallest absolute Gasteiger partial charge is 0.394 e. The van der Waals surface area contributed by atoms with E-state index >= 15 is 0 Å². The van der Waals surface area contributed by atoms with Crippen LogP contribution in [0.25, 0.3) is 0 Å². The summed E-state index contributed by atoms with van der Waals surface area (Å²) in [7, 11) is -4.78. The molecule has 7 nitrogen and oxygen atoms in total. The summed E-state index contributed by atoms with van der Waals surface area (Å²) in [6, 6.07) is -1.11. The van der Waals surface area contributed by atoms with Crippen molar-refractivity contribution in [3.05, 3.63) is 17.8 Å². The molecule has 12 heteroatoms. The summed E-state index contributed by atoms with van der Waals surface area (Å²) in [6.07, 6.45) is -4.56. The molecule has 1 N–H and O–H groups in total. The Hall–Kier alpha value is -1.67. The van der Waals surface area contributed by atoms with Gasteiger partial charge in [-0.15, -0.1) is 0 Å². The molecule has 1 aromatic rings. The van der Waals surface area contributed by atoms with Crippen molar-refractivity contribution < 1.29 is 36.0 Å². The zero-order chi connectivity index (χ0) is 27.9. The van der Waals surface area contributed by atoms with Gasteiger partial charge in [-0.1, -0.05) is 41.5 Å². The number of halogens is 3. The first-order valence-electron chi connectivity index (χ1n) is 12.2. The van der Waals surface area contributed by atoms with Crippen LogP contribution in [0.4, 0.5) is 13.2 Å². The van der Waals surface area contributed by atoms with Crippen LogP contribution in [0.2, 0.25) is 36.3 Å². The first kappa shape index (κ1) is 30.6. The molecule has 3 atom stereocenters. The van der Waals surface area contributed by atoms with E-state index in [0.29, 0.717) is 0 Å². The van der Waals surface area contributed by atoms with Gasteiger partial charge in [-0.2, -0.15) is 13.2 Å². The number of carbonyl (C=O) groups is 2. The van der Waals surface area contributed by atoms with Gasteiger partial charge < -0.3 is 18.6 Å². The zero-order valence-corrected chi connectivity index (χ0v) is 25.1. The van der Waals surface area contributed by atoms with Crippen LogP contribution in [-0.4, -0.2) is 51.8 Å². The molecule has 0 saturated carbocycles. The fraction of sp³-hybridized carbons (Fsp3) is 0.792. The highest BCUT2D eigenvalue weighted by atomic mass is 28.4. The molecule has 1 aliphatic rings. The van der Waals surface area contributed by atoms with Crippen LogP contribution in [0, 0.1) is 5.92 Å². The molecule has 3 unspecified atom stereocenters. The number of hydrogen-bond donors (Lipinski definition) is 1. The Balaban J connectivity index is 2.26. The van der Waals surface area contributed by atoms with E-state index in [9.17, 15) is 22.8 Å². The lowest BCUT2D eigenvalue weighted by Gasteiger charge is -2.40. The second-order valence-electron chi connectivity index (χ2n) is 12.7. The molecule has 1 aliphatic heterocycles. The molecule has 2 heterocycles. The van der Waals surface area contributed by atoms with E-state index in [2.05, 4.69) is 10.3 Å². The van der Waals surface area contributed by atoms with Gasteiger partial charge in [0.05, 0.1) is 12.0 Å². The third-order valence-electron chi connectivity index (χ3n) is 7.76. The summed E-state index contributed by atoms with van der Waals surface area (Å²) >= 11 is 0. The van der Waals surface area contributed by atoms with Gasteiger partial charge in [-0.25, -0.2) is 9.78 Å². The molecule has 0 radical (unpaired) electrons. The fourth-order valence-electron chi connectivity index (χ4n) is 3.46. The summed E-state index contributed by atoms with van der Waals surface area (Å²) < 4.78 is 58.6. The molecular weight excluding hydrogens is 509 g/mol. The quantitative estimate of drug-likeness (QED) is 0.386. The molecule has 36 heavy (non-hydrogen) atoms. The number of nitrogens with zero attached hydrogens (tertiary/aromatic N) is 1. The van der Waals surface area contributed by atoms with E-state index in [0.717, 1.165) is 0 Å². The molecule has 0 aromatic carbocycles. The minimum Gasteiger partial charge on any atom is -0.514 e. The van der Waals surface area contributed by atoms with Crippen molar-refractivity contribution >= 4 is 28.5 Å². The zero-order valence-electron chi connectivity index (χ0n) is 23.1. The van der Waals surface area contributed by atoms with Crippen LogP contribution >= 0.6 is 0 Å². The van der Waals surface area contributed by atoms with E-state index in [-0.39, 0.29) is 34.5 Å². The Bertz CT molecular complexity index is 949. The Morgan fingerprint density at radius 2 is 1.67 bits per heavy atom. The molecule has 2 rings (SSSR count). The minimum atomic E-state index is -4.51. The first-order chi connectivity index (χ1) is 16.0. The van der Waals surface area contributed by atoms with Crippen LogP contribution < -0.4 is 5.32 Å². The summed E-state index contributed by atoms with van der Waals surface area (Å²) in [5.41, 5.74) is 0.0169. The number of rotatable bonds is 8. The van der Waals surface area contributed by atoms with Gasteiger partial charge in [0.1, 0.15) is 6.26 Å². The Morgan fingerprint density at radius 1 is 1.11 bits per heavy atom. The summed E-state index contributed by atoms with van der Waals surface area (Å²) in [4.78, 5) is 28.8. The predicted octanol–water partition coefficient (Wildman–Crippen LogP) is 6.23. The topological polar surface area (TPSA) is 90.7 Å². The average Bonchev–Trinajstić information content (AvgIpc) is 3.25. The van der Waals surface area contributed by atoms with E-state index in [1.807, 2.05) is 67.7 Å². The second-order valence-corrected chi connectivity index (χ2v) is 22.2. The Labute approximate surface area is 214 Å². The maximum absolute atomic E-state index is 13.6. The normalized spacial score (nSPS) is 20.9. The molecule has 1 fully saturated rings. The minimum absolute atomic E-state index is 0.0169. The number of aromatic nitrogens is 1. The number of amides is 1. The number of alkyl halides is 3. The largest absolute Gasteiger partial charge is 0.514 e. The van der Waals surface area contributed by atoms with Gasteiger partial charge in [0.2, 0.25) is 5.91 Å². The van der Waals surface area contributed by atoms with Crippen molar-refractivity contribution in [2.75, 3.05) is 0 Å². The molecular formula is C24H41F3N2O5Si2. The van der Waals surface area contributed by atoms with E-state index in [1.165, 1.54) is 6.26 Å². The van der Waals surface area contributed by atoms with Gasteiger partial charge in [-0.05, 0) is 42.7 Å². The molecule has 1 amide bonds. The maximum atomic E-state index is 13.6. The van der Waals surface area contributed by atoms with Crippen molar-refractivity contribution in [3.63, 3.8) is 0 Å². The van der Waals surface area contributed by atoms with Gasteiger partial charge in [-0.3, -0.25) is 4.79 Å². The third kappa shape index (κ3) is 7.44. The van der Waals surface area contributed by atoms with Crippen molar-refractivity contribution in [2.24, 2.45) is 5.92 Å². The lowest BCUT2D eigenvalue weighted by atomic mass is 9.94. The highest BCUT2D eigenvalue weighted by Crippen LogP contribution is 2.41. The molecule has 0 aliphatic carbocycles. The summed E-state index contributed by atoms with van der Waals surface area (Å²) in [6.45, 7) is 20.0. The highest BCUT2D eigenvalue weighted by molar-refractivity contribution is 6.75. The van der Waals surface area contributed by atoms with Crippen LogP contribution in [0.15, 0.2) is 10.7 Å². The van der Waals surface area contributed by atoms with Crippen molar-refractivity contribution in [1.29, 1.82) is 0 Å². The fourth-order valence-corrected chi connectivity index (χ4v) is 5.70. The third-order valence-corrected chi connectivity index (χ3v) is 16.6. The van der Waals surface area contributed by atoms with Gasteiger partial charge >= 0.3 is 12.1 Å². The van der Waals surface area contributed by atoms with E-state index in [4.69, 9.17) is 13.3 Å². The van der Waals surface area contributed by atoms with E-state index in [1.54, 1.807) is 0 Å². The number of nitrogens with one attached hydrogen (secondary N) is 1. The maximum Gasteiger partial charge on any atom is 0.394 e. The van der Waals surface area contributed by atoms with Gasteiger partial charge in [0, 0.05) is 18.9 Å². The summed E-state index contributed by atoms with van der Waals surface area (Å²) in [5, 5.41) is 2.10. The predicted molar refractivity (Wildman–Crippen MR) is 136 cm³/mol. The average molecular weight is 551 g/mol. The second kappa shape index (κ2) is 10.2. The number of oxazole rings is 1. The first-order valence-corrected chi connectivity index (χ1v) is 18.1. The molecule has 1 saturated heterocycles. The van der Waals surface area contributed by atoms with Gasteiger partial charge in [0.25, 0.3) is 8.32 Å². The molecule has 0 spiro atoms. The van der Waals surface area contributed by atoms with Crippen molar-refractivity contribution in [2.45, 2.75) is 115 Å². The SMILES string of the molecule is CC(C)(C)[Si](C)(C)OC(=O)c1coc(CC(CC2NC(=O)CC2C(F)(F)F)O[Si](C)(C)C(C)(C)C)n1. The lowest BCUT2D eigenvalue weighted by molar-refractivity contribution is -0.178. The van der Waals surface area contributed by atoms with Gasteiger partial charge in [0.15, 0.2) is 19.9 Å². The molecule has 1 aromatic heterocycles. The van der Waals surface area contributed by atoms with Crippen LogP contribution in [-0.2, 0) is 20.1 Å². The number of hydrogen-bond acceptors (Lipinski definition) is 6. The van der Waals surface area contributed by atoms with Crippen LogP contribution in [0.5, 0.6) is 0 Å². The number of carbonyl (C=O) groups excluding carboxylic acids is 2. The van der Waals surface area contributed by atoms with Crippen LogP contribution in [0.3, 0.4) is 0 Å². The standard InChI is InChI=1S/C24H41F3N2O5Si2/c1-22(2,3)35(7,8)33-15(11-17-16(24(25,26)27)13-19(30)28-17)12-20-29-18(14-32-20)21(31)34-36(9,10)23(4,5)6/h14-17H,11-13H2,1-10H3,(H,28,30). The van der Waals surface area contributed by atoms with Crippen LogP contribution in [0.1, 0.15) is 70.8 Å². The molecule has 206 valence electrons.